The molecule has 0 spiro atoms. The highest BCUT2D eigenvalue weighted by molar-refractivity contribution is 9.10. The van der Waals surface area contributed by atoms with Gasteiger partial charge in [-0.3, -0.25) is 4.98 Å². The number of nitrogens with one attached hydrogen (secondary N) is 1. The molecule has 0 unspecified atom stereocenters. The maximum atomic E-state index is 13.5. The molecule has 0 saturated carbocycles. The van der Waals surface area contributed by atoms with Crippen molar-refractivity contribution in [2.24, 2.45) is 0 Å². The molecule has 106 valence electrons. The molecular formula is C15H10BrF2N3. The highest BCUT2D eigenvalue weighted by Gasteiger charge is 2.10. The third-order valence-corrected chi connectivity index (χ3v) is 3.47. The summed E-state index contributed by atoms with van der Waals surface area (Å²) in [6, 6.07) is 9.29. The van der Waals surface area contributed by atoms with Gasteiger partial charge < -0.3 is 11.1 Å². The number of fused-ring (bicyclic) bond motifs is 1. The molecule has 0 aliphatic carbocycles. The number of benzene rings is 2. The van der Waals surface area contributed by atoms with Gasteiger partial charge in [0.1, 0.15) is 5.82 Å². The van der Waals surface area contributed by atoms with E-state index in [0.29, 0.717) is 11.2 Å². The molecule has 3 N–H and O–H groups in total. The molecule has 0 amide bonds. The Morgan fingerprint density at radius 2 is 1.90 bits per heavy atom. The molecule has 0 aliphatic rings. The lowest BCUT2D eigenvalue weighted by Crippen LogP contribution is -2.01. The molecule has 3 aromatic rings. The van der Waals surface area contributed by atoms with Crippen molar-refractivity contribution in [1.82, 2.24) is 4.98 Å². The van der Waals surface area contributed by atoms with Crippen LogP contribution in [0.2, 0.25) is 0 Å². The number of nitrogens with zero attached hydrogens (tertiary/aromatic N) is 1. The van der Waals surface area contributed by atoms with Crippen molar-refractivity contribution < 1.29 is 8.78 Å². The molecule has 0 radical (unpaired) electrons. The van der Waals surface area contributed by atoms with Gasteiger partial charge in [-0.05, 0) is 34.1 Å². The zero-order chi connectivity index (χ0) is 15.0. The van der Waals surface area contributed by atoms with E-state index in [2.05, 4.69) is 26.2 Å². The number of hydrogen-bond acceptors (Lipinski definition) is 3. The Morgan fingerprint density at radius 3 is 2.71 bits per heavy atom. The molecule has 3 nitrogen and oxygen atoms in total. The van der Waals surface area contributed by atoms with E-state index in [9.17, 15) is 8.78 Å². The van der Waals surface area contributed by atoms with E-state index in [1.807, 2.05) is 18.2 Å². The third-order valence-electron chi connectivity index (χ3n) is 3.04. The van der Waals surface area contributed by atoms with Gasteiger partial charge in [0.05, 0.1) is 22.6 Å². The Bertz CT molecular complexity index is 837. The van der Waals surface area contributed by atoms with E-state index in [-0.39, 0.29) is 11.4 Å². The molecule has 2 aromatic carbocycles. The van der Waals surface area contributed by atoms with Crippen LogP contribution in [0.3, 0.4) is 0 Å². The van der Waals surface area contributed by atoms with Crippen LogP contribution in [0.1, 0.15) is 0 Å². The number of nitrogen functional groups attached to an aromatic ring is 1. The lowest BCUT2D eigenvalue weighted by atomic mass is 10.1. The molecule has 3 rings (SSSR count). The number of para-hydroxylation sites is 1. The molecule has 0 saturated heterocycles. The number of rotatable bonds is 2. The Labute approximate surface area is 127 Å². The number of aromatic nitrogens is 1. The highest BCUT2D eigenvalue weighted by atomic mass is 79.9. The van der Waals surface area contributed by atoms with Gasteiger partial charge in [0.2, 0.25) is 0 Å². The molecule has 0 atom stereocenters. The maximum Gasteiger partial charge on any atom is 0.151 e. The first-order valence-corrected chi connectivity index (χ1v) is 6.90. The minimum atomic E-state index is -0.798. The second-order valence-electron chi connectivity index (χ2n) is 4.50. The van der Waals surface area contributed by atoms with Crippen LogP contribution in [0.5, 0.6) is 0 Å². The van der Waals surface area contributed by atoms with E-state index < -0.39 is 11.6 Å². The standard InChI is InChI=1S/C15H10BrF2N3/c16-9-4-8-2-1-3-12(15(8)20-7-9)21-13-6-10(17)5-11(18)14(13)19/h1-7,21H,19H2. The zero-order valence-electron chi connectivity index (χ0n) is 10.7. The third kappa shape index (κ3) is 2.67. The fraction of sp³-hybridized carbons (Fsp3) is 0. The summed E-state index contributed by atoms with van der Waals surface area (Å²) < 4.78 is 27.7. The van der Waals surface area contributed by atoms with E-state index in [0.717, 1.165) is 22.0 Å². The van der Waals surface area contributed by atoms with Gasteiger partial charge in [-0.1, -0.05) is 12.1 Å². The van der Waals surface area contributed by atoms with Crippen LogP contribution in [0.15, 0.2) is 47.1 Å². The van der Waals surface area contributed by atoms with Gasteiger partial charge in [-0.25, -0.2) is 8.78 Å². The van der Waals surface area contributed by atoms with Gasteiger partial charge in [0.25, 0.3) is 0 Å². The number of nitrogens with two attached hydrogens (primary N) is 1. The summed E-state index contributed by atoms with van der Waals surface area (Å²) >= 11 is 3.35. The molecule has 6 heteroatoms. The Hall–Kier alpha value is -2.21. The zero-order valence-corrected chi connectivity index (χ0v) is 12.3. The first-order valence-electron chi connectivity index (χ1n) is 6.10. The molecule has 21 heavy (non-hydrogen) atoms. The van der Waals surface area contributed by atoms with Crippen LogP contribution in [0.4, 0.5) is 25.8 Å². The molecular weight excluding hydrogens is 340 g/mol. The average molecular weight is 350 g/mol. The average Bonchev–Trinajstić information content (AvgIpc) is 2.44. The minimum absolute atomic E-state index is 0.134. The molecule has 0 fully saturated rings. The largest absolute Gasteiger partial charge is 0.395 e. The van der Waals surface area contributed by atoms with Crippen LogP contribution in [0, 0.1) is 11.6 Å². The summed E-state index contributed by atoms with van der Waals surface area (Å²) in [5.74, 6) is -1.49. The highest BCUT2D eigenvalue weighted by Crippen LogP contribution is 2.30. The fourth-order valence-electron chi connectivity index (χ4n) is 2.07. The van der Waals surface area contributed by atoms with E-state index >= 15 is 0 Å². The monoisotopic (exact) mass is 349 g/mol. The van der Waals surface area contributed by atoms with Crippen molar-refractivity contribution in [3.05, 3.63) is 58.7 Å². The first kappa shape index (κ1) is 13.8. The van der Waals surface area contributed by atoms with Crippen molar-refractivity contribution in [3.8, 4) is 0 Å². The van der Waals surface area contributed by atoms with Crippen molar-refractivity contribution in [1.29, 1.82) is 0 Å². The first-order chi connectivity index (χ1) is 10.0. The minimum Gasteiger partial charge on any atom is -0.395 e. The fourth-order valence-corrected chi connectivity index (χ4v) is 2.42. The van der Waals surface area contributed by atoms with Crippen molar-refractivity contribution in [2.45, 2.75) is 0 Å². The summed E-state index contributed by atoms with van der Waals surface area (Å²) in [4.78, 5) is 4.31. The van der Waals surface area contributed by atoms with Crippen molar-refractivity contribution in [2.75, 3.05) is 11.1 Å². The van der Waals surface area contributed by atoms with Gasteiger partial charge >= 0.3 is 0 Å². The molecule has 0 aliphatic heterocycles. The van der Waals surface area contributed by atoms with E-state index in [4.69, 9.17) is 5.73 Å². The van der Waals surface area contributed by atoms with Crippen LogP contribution in [0.25, 0.3) is 10.9 Å². The quantitative estimate of drug-likeness (QED) is 0.664. The SMILES string of the molecule is Nc1c(F)cc(F)cc1Nc1cccc2cc(Br)cnc12. The normalized spacial score (nSPS) is 10.8. The predicted molar refractivity (Wildman–Crippen MR) is 83.5 cm³/mol. The second-order valence-corrected chi connectivity index (χ2v) is 5.42. The van der Waals surface area contributed by atoms with E-state index in [1.54, 1.807) is 12.3 Å². The van der Waals surface area contributed by atoms with Crippen molar-refractivity contribution >= 4 is 43.9 Å². The lowest BCUT2D eigenvalue weighted by molar-refractivity contribution is 0.587. The molecule has 1 aromatic heterocycles. The number of halogens is 3. The maximum absolute atomic E-state index is 13.5. The predicted octanol–water partition coefficient (Wildman–Crippen LogP) is 4.60. The Balaban J connectivity index is 2.10. The number of hydrogen-bond donors (Lipinski definition) is 2. The second kappa shape index (κ2) is 5.29. The van der Waals surface area contributed by atoms with Crippen LogP contribution in [-0.2, 0) is 0 Å². The molecule has 0 bridgehead atoms. The van der Waals surface area contributed by atoms with Crippen molar-refractivity contribution in [3.63, 3.8) is 0 Å². The van der Waals surface area contributed by atoms with Gasteiger partial charge in [0, 0.05) is 22.1 Å². The van der Waals surface area contributed by atoms with Gasteiger partial charge in [0.15, 0.2) is 5.82 Å². The topological polar surface area (TPSA) is 50.9 Å². The Morgan fingerprint density at radius 1 is 1.10 bits per heavy atom. The van der Waals surface area contributed by atoms with Gasteiger partial charge in [-0.15, -0.1) is 0 Å². The summed E-state index contributed by atoms with van der Waals surface area (Å²) in [6.45, 7) is 0. The summed E-state index contributed by atoms with van der Waals surface area (Å²) in [5.41, 5.74) is 6.98. The summed E-state index contributed by atoms with van der Waals surface area (Å²) in [7, 11) is 0. The summed E-state index contributed by atoms with van der Waals surface area (Å²) in [6.07, 6.45) is 1.66. The van der Waals surface area contributed by atoms with E-state index in [1.165, 1.54) is 0 Å². The van der Waals surface area contributed by atoms with Gasteiger partial charge in [-0.2, -0.15) is 0 Å². The van der Waals surface area contributed by atoms with Crippen LogP contribution < -0.4 is 11.1 Å². The lowest BCUT2D eigenvalue weighted by Gasteiger charge is -2.12. The number of pyridine rings is 1. The Kier molecular flexibility index (Phi) is 3.47. The number of anilines is 3. The van der Waals surface area contributed by atoms with Crippen LogP contribution in [-0.4, -0.2) is 4.98 Å². The smallest absolute Gasteiger partial charge is 0.151 e. The summed E-state index contributed by atoms with van der Waals surface area (Å²) in [5, 5.41) is 3.83. The van der Waals surface area contributed by atoms with Crippen LogP contribution >= 0.6 is 15.9 Å². The molecule has 1 heterocycles.